The van der Waals surface area contributed by atoms with E-state index in [1.807, 2.05) is 24.3 Å². The monoisotopic (exact) mass is 410 g/mol. The van der Waals surface area contributed by atoms with E-state index < -0.39 is 0 Å². The second-order valence-corrected chi connectivity index (χ2v) is 7.47. The summed E-state index contributed by atoms with van der Waals surface area (Å²) in [6.07, 6.45) is 8.18. The molecule has 0 unspecified atom stereocenters. The van der Waals surface area contributed by atoms with Crippen LogP contribution in [0.4, 0.5) is 11.4 Å². The van der Waals surface area contributed by atoms with Crippen molar-refractivity contribution in [1.29, 1.82) is 0 Å². The third kappa shape index (κ3) is 8.68. The third-order valence-electron chi connectivity index (χ3n) is 4.79. The lowest BCUT2D eigenvalue weighted by atomic mass is 10.2. The van der Waals surface area contributed by atoms with Crippen LogP contribution in [0.15, 0.2) is 48.5 Å². The number of benzene rings is 2. The molecule has 2 aromatic rings. The summed E-state index contributed by atoms with van der Waals surface area (Å²) in [7, 11) is 0. The summed E-state index contributed by atoms with van der Waals surface area (Å²) >= 11 is 0. The summed E-state index contributed by atoms with van der Waals surface area (Å²) in [5, 5.41) is 5.77. The van der Waals surface area contributed by atoms with Gasteiger partial charge in [0, 0.05) is 23.4 Å². The third-order valence-corrected chi connectivity index (χ3v) is 4.79. The minimum atomic E-state index is -0.198. The maximum Gasteiger partial charge on any atom is 0.255 e. The van der Waals surface area contributed by atoms with E-state index in [1.165, 1.54) is 19.3 Å². The number of unbranched alkanes of at least 4 members (excludes halogenated alkanes) is 5. The smallest absolute Gasteiger partial charge is 0.255 e. The number of anilines is 2. The van der Waals surface area contributed by atoms with Gasteiger partial charge in [0.25, 0.3) is 5.91 Å². The Morgan fingerprint density at radius 1 is 0.800 bits per heavy atom. The van der Waals surface area contributed by atoms with Crippen LogP contribution in [0, 0.1) is 0 Å². The van der Waals surface area contributed by atoms with Gasteiger partial charge in [-0.1, -0.05) is 52.0 Å². The summed E-state index contributed by atoms with van der Waals surface area (Å²) in [6, 6.07) is 14.4. The number of ether oxygens (including phenoxy) is 1. The molecule has 2 amide bonds. The number of amides is 2. The lowest BCUT2D eigenvalue weighted by Gasteiger charge is -2.10. The molecule has 0 spiro atoms. The van der Waals surface area contributed by atoms with Crippen LogP contribution in [0.3, 0.4) is 0 Å². The molecule has 2 rings (SSSR count). The van der Waals surface area contributed by atoms with Gasteiger partial charge in [-0.15, -0.1) is 0 Å². The highest BCUT2D eigenvalue weighted by atomic mass is 16.5. The molecule has 2 aromatic carbocycles. The number of hydrogen-bond acceptors (Lipinski definition) is 3. The first kappa shape index (κ1) is 23.5. The number of nitrogens with one attached hydrogen (secondary N) is 2. The lowest BCUT2D eigenvalue weighted by molar-refractivity contribution is -0.116. The van der Waals surface area contributed by atoms with Crippen molar-refractivity contribution in [2.24, 2.45) is 0 Å². The van der Waals surface area contributed by atoms with Gasteiger partial charge in [-0.3, -0.25) is 9.59 Å². The van der Waals surface area contributed by atoms with Crippen molar-refractivity contribution >= 4 is 23.2 Å². The molecule has 0 fully saturated rings. The number of hydrogen-bond donors (Lipinski definition) is 2. The molecule has 0 heterocycles. The molecule has 5 nitrogen and oxygen atoms in total. The van der Waals surface area contributed by atoms with Crippen molar-refractivity contribution in [2.45, 2.75) is 65.2 Å². The van der Waals surface area contributed by atoms with Crippen molar-refractivity contribution in [3.05, 3.63) is 54.1 Å². The molecule has 0 saturated carbocycles. The van der Waals surface area contributed by atoms with Crippen LogP contribution < -0.4 is 15.4 Å². The first-order valence-electron chi connectivity index (χ1n) is 11.1. The Hall–Kier alpha value is -2.82. The summed E-state index contributed by atoms with van der Waals surface area (Å²) in [5.41, 5.74) is 1.88. The van der Waals surface area contributed by atoms with Gasteiger partial charge in [0.15, 0.2) is 0 Å². The quantitative estimate of drug-likeness (QED) is 0.375. The molecular weight excluding hydrogens is 376 g/mol. The largest absolute Gasteiger partial charge is 0.494 e. The Labute approximate surface area is 180 Å². The van der Waals surface area contributed by atoms with Gasteiger partial charge < -0.3 is 15.4 Å². The van der Waals surface area contributed by atoms with Crippen molar-refractivity contribution < 1.29 is 14.3 Å². The molecule has 0 aliphatic carbocycles. The number of carbonyl (C=O) groups excluding carboxylic acids is 2. The zero-order valence-corrected chi connectivity index (χ0v) is 18.2. The second kappa shape index (κ2) is 13.4. The Balaban J connectivity index is 1.84. The summed E-state index contributed by atoms with van der Waals surface area (Å²) in [6.45, 7) is 4.99. The zero-order chi connectivity index (χ0) is 21.6. The minimum absolute atomic E-state index is 0.00258. The second-order valence-electron chi connectivity index (χ2n) is 7.47. The van der Waals surface area contributed by atoms with Crippen LogP contribution in [0.1, 0.15) is 75.6 Å². The van der Waals surface area contributed by atoms with Gasteiger partial charge in [0.05, 0.1) is 6.61 Å². The highest BCUT2D eigenvalue weighted by Gasteiger charge is 2.08. The molecular formula is C25H34N2O3. The standard InChI is InChI=1S/C25H34N2O3/c1-3-5-7-9-18-30-23-16-14-20(15-17-23)25(29)27-22-12-10-11-21(19-22)26-24(28)13-8-6-4-2/h10-12,14-17,19H,3-9,13,18H2,1-2H3,(H,26,28)(H,27,29). The summed E-state index contributed by atoms with van der Waals surface area (Å²) in [5.74, 6) is 0.573. The molecule has 162 valence electrons. The van der Waals surface area contributed by atoms with E-state index in [0.717, 1.165) is 31.4 Å². The average molecular weight is 411 g/mol. The van der Waals surface area contributed by atoms with Crippen molar-refractivity contribution in [3.63, 3.8) is 0 Å². The van der Waals surface area contributed by atoms with E-state index in [9.17, 15) is 9.59 Å². The van der Waals surface area contributed by atoms with Gasteiger partial charge in [-0.25, -0.2) is 0 Å². The van der Waals surface area contributed by atoms with E-state index in [1.54, 1.807) is 24.3 Å². The summed E-state index contributed by atoms with van der Waals surface area (Å²) < 4.78 is 5.72. The Kier molecular flexibility index (Phi) is 10.5. The highest BCUT2D eigenvalue weighted by Crippen LogP contribution is 2.18. The minimum Gasteiger partial charge on any atom is -0.494 e. The molecule has 30 heavy (non-hydrogen) atoms. The van der Waals surface area contributed by atoms with E-state index >= 15 is 0 Å². The normalized spacial score (nSPS) is 10.5. The molecule has 0 aromatic heterocycles. The van der Waals surface area contributed by atoms with Crippen LogP contribution in [-0.2, 0) is 4.79 Å². The molecule has 0 aliphatic rings. The van der Waals surface area contributed by atoms with Crippen LogP contribution in [0.25, 0.3) is 0 Å². The van der Waals surface area contributed by atoms with Crippen molar-refractivity contribution in [2.75, 3.05) is 17.2 Å². The van der Waals surface area contributed by atoms with Gasteiger partial charge in [0.2, 0.25) is 5.91 Å². The molecule has 2 N–H and O–H groups in total. The molecule has 0 bridgehead atoms. The van der Waals surface area contributed by atoms with Crippen LogP contribution in [0.5, 0.6) is 5.75 Å². The fourth-order valence-electron chi connectivity index (χ4n) is 3.06. The van der Waals surface area contributed by atoms with Crippen LogP contribution in [0.2, 0.25) is 0 Å². The van der Waals surface area contributed by atoms with Gasteiger partial charge in [-0.2, -0.15) is 0 Å². The predicted octanol–water partition coefficient (Wildman–Crippen LogP) is 6.42. The Bertz CT molecular complexity index is 787. The summed E-state index contributed by atoms with van der Waals surface area (Å²) in [4.78, 5) is 24.5. The lowest BCUT2D eigenvalue weighted by Crippen LogP contribution is -2.13. The van der Waals surface area contributed by atoms with Gasteiger partial charge in [0.1, 0.15) is 5.75 Å². The fraction of sp³-hybridized carbons (Fsp3) is 0.440. The van der Waals surface area contributed by atoms with Crippen molar-refractivity contribution in [1.82, 2.24) is 0 Å². The van der Waals surface area contributed by atoms with Crippen LogP contribution >= 0.6 is 0 Å². The topological polar surface area (TPSA) is 67.4 Å². The molecule has 0 saturated heterocycles. The predicted molar refractivity (Wildman–Crippen MR) is 123 cm³/mol. The van der Waals surface area contributed by atoms with E-state index in [2.05, 4.69) is 24.5 Å². The maximum atomic E-state index is 12.5. The van der Waals surface area contributed by atoms with Crippen molar-refractivity contribution in [3.8, 4) is 5.75 Å². The highest BCUT2D eigenvalue weighted by molar-refractivity contribution is 6.04. The number of carbonyl (C=O) groups is 2. The SMILES string of the molecule is CCCCCCOc1ccc(C(=O)Nc2cccc(NC(=O)CCCCC)c2)cc1. The van der Waals surface area contributed by atoms with Gasteiger partial charge in [-0.05, 0) is 55.3 Å². The molecule has 0 aliphatic heterocycles. The van der Waals surface area contributed by atoms with Crippen LogP contribution in [-0.4, -0.2) is 18.4 Å². The first-order valence-corrected chi connectivity index (χ1v) is 11.1. The molecule has 0 radical (unpaired) electrons. The Morgan fingerprint density at radius 2 is 1.47 bits per heavy atom. The number of rotatable bonds is 13. The first-order chi connectivity index (χ1) is 14.6. The fourth-order valence-corrected chi connectivity index (χ4v) is 3.06. The van der Waals surface area contributed by atoms with E-state index in [-0.39, 0.29) is 11.8 Å². The van der Waals surface area contributed by atoms with E-state index in [0.29, 0.717) is 30.0 Å². The Morgan fingerprint density at radius 3 is 2.17 bits per heavy atom. The van der Waals surface area contributed by atoms with Gasteiger partial charge >= 0.3 is 0 Å². The maximum absolute atomic E-state index is 12.5. The average Bonchev–Trinajstić information content (AvgIpc) is 2.74. The zero-order valence-electron chi connectivity index (χ0n) is 18.2. The van der Waals surface area contributed by atoms with E-state index in [4.69, 9.17) is 4.74 Å². The molecule has 5 heteroatoms. The molecule has 0 atom stereocenters.